The predicted molar refractivity (Wildman–Crippen MR) is 80.7 cm³/mol. The second-order valence-electron chi connectivity index (χ2n) is 4.72. The highest BCUT2D eigenvalue weighted by Gasteiger charge is 2.21. The van der Waals surface area contributed by atoms with Gasteiger partial charge in [0.25, 0.3) is 0 Å². The highest BCUT2D eigenvalue weighted by molar-refractivity contribution is 7.16. The van der Waals surface area contributed by atoms with Gasteiger partial charge >= 0.3 is 0 Å². The first-order chi connectivity index (χ1) is 9.43. The summed E-state index contributed by atoms with van der Waals surface area (Å²) in [6, 6.07) is 4.13. The lowest BCUT2D eigenvalue weighted by Crippen LogP contribution is -2.22. The zero-order chi connectivity index (χ0) is 14.9. The maximum atomic E-state index is 14.1. The summed E-state index contributed by atoms with van der Waals surface area (Å²) in [5.74, 6) is -1.07. The molecular formula is C15H16ClF2NS. The minimum absolute atomic E-state index is 0.310. The van der Waals surface area contributed by atoms with Gasteiger partial charge in [0.2, 0.25) is 0 Å². The van der Waals surface area contributed by atoms with E-state index >= 15 is 0 Å². The molecule has 1 N–H and O–H groups in total. The Morgan fingerprint density at radius 1 is 1.15 bits per heavy atom. The molecule has 0 saturated carbocycles. The van der Waals surface area contributed by atoms with Crippen molar-refractivity contribution in [1.82, 2.24) is 5.32 Å². The fourth-order valence-corrected chi connectivity index (χ4v) is 3.41. The van der Waals surface area contributed by atoms with Gasteiger partial charge in [-0.1, -0.05) is 18.5 Å². The van der Waals surface area contributed by atoms with E-state index < -0.39 is 11.6 Å². The zero-order valence-corrected chi connectivity index (χ0v) is 13.1. The van der Waals surface area contributed by atoms with Crippen LogP contribution in [0, 0.1) is 25.5 Å². The van der Waals surface area contributed by atoms with Crippen molar-refractivity contribution >= 4 is 22.9 Å². The molecule has 1 heterocycles. The molecule has 20 heavy (non-hydrogen) atoms. The first-order valence-electron chi connectivity index (χ1n) is 6.38. The minimum Gasteiger partial charge on any atom is -0.306 e. The molecule has 108 valence electrons. The quantitative estimate of drug-likeness (QED) is 0.837. The molecule has 0 aliphatic heterocycles. The van der Waals surface area contributed by atoms with E-state index in [0.717, 1.165) is 16.5 Å². The number of thiophene rings is 1. The Kier molecular flexibility index (Phi) is 4.78. The number of benzene rings is 1. The minimum atomic E-state index is -0.541. The summed E-state index contributed by atoms with van der Waals surface area (Å²) >= 11 is 7.51. The first kappa shape index (κ1) is 15.4. The summed E-state index contributed by atoms with van der Waals surface area (Å²) in [5.41, 5.74) is 1.85. The van der Waals surface area contributed by atoms with E-state index in [0.29, 0.717) is 22.0 Å². The van der Waals surface area contributed by atoms with E-state index in [1.807, 2.05) is 19.9 Å². The van der Waals surface area contributed by atoms with Gasteiger partial charge in [-0.2, -0.15) is 0 Å². The van der Waals surface area contributed by atoms with Crippen LogP contribution in [0.15, 0.2) is 18.2 Å². The average Bonchev–Trinajstić information content (AvgIpc) is 2.71. The summed E-state index contributed by atoms with van der Waals surface area (Å²) in [5, 5.41) is 3.23. The third kappa shape index (κ3) is 3.03. The molecule has 5 heteroatoms. The number of halogens is 3. The van der Waals surface area contributed by atoms with Gasteiger partial charge in [-0.3, -0.25) is 0 Å². The lowest BCUT2D eigenvalue weighted by atomic mass is 10.0. The molecule has 0 amide bonds. The van der Waals surface area contributed by atoms with Gasteiger partial charge in [0.15, 0.2) is 0 Å². The largest absolute Gasteiger partial charge is 0.306 e. The molecule has 2 rings (SSSR count). The molecule has 0 spiro atoms. The van der Waals surface area contributed by atoms with Crippen molar-refractivity contribution in [3.8, 4) is 0 Å². The monoisotopic (exact) mass is 315 g/mol. The molecule has 2 aromatic rings. The molecule has 1 aromatic carbocycles. The Bertz CT molecular complexity index is 605. The van der Waals surface area contributed by atoms with Gasteiger partial charge in [0.1, 0.15) is 11.6 Å². The van der Waals surface area contributed by atoms with Crippen LogP contribution in [0.3, 0.4) is 0 Å². The number of rotatable bonds is 4. The highest BCUT2D eigenvalue weighted by atomic mass is 35.5. The third-order valence-corrected chi connectivity index (χ3v) is 4.78. The lowest BCUT2D eigenvalue weighted by molar-refractivity contribution is 0.540. The van der Waals surface area contributed by atoms with Gasteiger partial charge in [0, 0.05) is 16.5 Å². The first-order valence-corrected chi connectivity index (χ1v) is 7.58. The lowest BCUT2D eigenvalue weighted by Gasteiger charge is -2.18. The molecule has 1 atom stereocenters. The van der Waals surface area contributed by atoms with Crippen molar-refractivity contribution in [2.45, 2.75) is 26.8 Å². The van der Waals surface area contributed by atoms with Crippen molar-refractivity contribution in [2.24, 2.45) is 0 Å². The van der Waals surface area contributed by atoms with E-state index in [4.69, 9.17) is 11.6 Å². The Morgan fingerprint density at radius 3 is 2.40 bits per heavy atom. The molecule has 0 saturated heterocycles. The standard InChI is InChI=1S/C15H16ClF2NS/c1-4-19-14(13-6-9(3)15(16)20-13)10-5-8(2)11(17)7-12(10)18/h5-7,14,19H,4H2,1-3H3. The van der Waals surface area contributed by atoms with Crippen molar-refractivity contribution in [3.63, 3.8) is 0 Å². The van der Waals surface area contributed by atoms with Crippen LogP contribution < -0.4 is 5.32 Å². The van der Waals surface area contributed by atoms with Crippen molar-refractivity contribution in [1.29, 1.82) is 0 Å². The molecule has 0 aliphatic carbocycles. The van der Waals surface area contributed by atoms with Crippen LogP contribution in [-0.2, 0) is 0 Å². The predicted octanol–water partition coefficient (Wildman–Crippen LogP) is 5.00. The maximum absolute atomic E-state index is 14.1. The van der Waals surface area contributed by atoms with Gasteiger partial charge in [-0.25, -0.2) is 8.78 Å². The Hall–Kier alpha value is -0.970. The molecule has 0 fully saturated rings. The van der Waals surface area contributed by atoms with Crippen molar-refractivity contribution in [2.75, 3.05) is 6.54 Å². The Morgan fingerprint density at radius 2 is 1.85 bits per heavy atom. The van der Waals surface area contributed by atoms with E-state index in [2.05, 4.69) is 5.32 Å². The third-order valence-electron chi connectivity index (χ3n) is 3.16. The van der Waals surface area contributed by atoms with Crippen LogP contribution in [-0.4, -0.2) is 6.54 Å². The zero-order valence-electron chi connectivity index (χ0n) is 11.6. The second-order valence-corrected chi connectivity index (χ2v) is 6.40. The fourth-order valence-electron chi connectivity index (χ4n) is 2.09. The van der Waals surface area contributed by atoms with Crippen LogP contribution in [0.25, 0.3) is 0 Å². The maximum Gasteiger partial charge on any atom is 0.131 e. The number of aryl methyl sites for hydroxylation is 2. The topological polar surface area (TPSA) is 12.0 Å². The number of nitrogens with one attached hydrogen (secondary N) is 1. The van der Waals surface area contributed by atoms with Gasteiger partial charge in [-0.15, -0.1) is 11.3 Å². The van der Waals surface area contributed by atoms with E-state index in [9.17, 15) is 8.78 Å². The summed E-state index contributed by atoms with van der Waals surface area (Å²) in [7, 11) is 0. The van der Waals surface area contributed by atoms with Crippen molar-refractivity contribution < 1.29 is 8.78 Å². The Labute approximate surface area is 126 Å². The highest BCUT2D eigenvalue weighted by Crippen LogP contribution is 2.35. The Balaban J connectivity index is 2.50. The molecular weight excluding hydrogens is 300 g/mol. The van der Waals surface area contributed by atoms with Crippen LogP contribution >= 0.6 is 22.9 Å². The molecule has 1 unspecified atom stereocenters. The molecule has 0 aliphatic rings. The van der Waals surface area contributed by atoms with Crippen molar-refractivity contribution in [3.05, 3.63) is 55.7 Å². The van der Waals surface area contributed by atoms with E-state index in [1.165, 1.54) is 11.3 Å². The van der Waals surface area contributed by atoms with Crippen LogP contribution in [0.2, 0.25) is 4.34 Å². The van der Waals surface area contributed by atoms with E-state index in [-0.39, 0.29) is 6.04 Å². The van der Waals surface area contributed by atoms with Gasteiger partial charge < -0.3 is 5.32 Å². The molecule has 1 aromatic heterocycles. The normalized spacial score (nSPS) is 12.7. The summed E-state index contributed by atoms with van der Waals surface area (Å²) < 4.78 is 28.2. The smallest absolute Gasteiger partial charge is 0.131 e. The number of hydrogen-bond acceptors (Lipinski definition) is 2. The SMILES string of the molecule is CCNC(c1cc(C)c(Cl)s1)c1cc(C)c(F)cc1F. The van der Waals surface area contributed by atoms with Crippen LogP contribution in [0.1, 0.15) is 34.5 Å². The average molecular weight is 316 g/mol. The summed E-state index contributed by atoms with van der Waals surface area (Å²) in [6.45, 7) is 6.17. The van der Waals surface area contributed by atoms with Crippen LogP contribution in [0.5, 0.6) is 0 Å². The van der Waals surface area contributed by atoms with Crippen LogP contribution in [0.4, 0.5) is 8.78 Å². The fraction of sp³-hybridized carbons (Fsp3) is 0.333. The molecule has 0 bridgehead atoms. The summed E-state index contributed by atoms with van der Waals surface area (Å²) in [4.78, 5) is 0.930. The summed E-state index contributed by atoms with van der Waals surface area (Å²) in [6.07, 6.45) is 0. The molecule has 1 nitrogen and oxygen atoms in total. The second kappa shape index (κ2) is 6.20. The number of hydrogen-bond donors (Lipinski definition) is 1. The van der Waals surface area contributed by atoms with Gasteiger partial charge in [0.05, 0.1) is 10.4 Å². The van der Waals surface area contributed by atoms with E-state index in [1.54, 1.807) is 13.0 Å². The molecule has 0 radical (unpaired) electrons. The van der Waals surface area contributed by atoms with Gasteiger partial charge in [-0.05, 0) is 43.7 Å².